The smallest absolute Gasteiger partial charge is 0.322 e. The molecule has 2 aliphatic rings. The third kappa shape index (κ3) is 4.55. The van der Waals surface area contributed by atoms with E-state index in [9.17, 15) is 4.79 Å². The van der Waals surface area contributed by atoms with Crippen LogP contribution in [0.4, 0.5) is 22.2 Å². The number of nitrogens with zero attached hydrogens (tertiary/aromatic N) is 7. The highest BCUT2D eigenvalue weighted by Gasteiger charge is 2.30. The van der Waals surface area contributed by atoms with Gasteiger partial charge in [0.25, 0.3) is 0 Å². The van der Waals surface area contributed by atoms with E-state index in [2.05, 4.69) is 37.0 Å². The Hall–Kier alpha value is -3.05. The quantitative estimate of drug-likeness (QED) is 0.602. The molecule has 0 bridgehead atoms. The Morgan fingerprint density at radius 1 is 1.18 bits per heavy atom. The van der Waals surface area contributed by atoms with Gasteiger partial charge < -0.3 is 20.9 Å². The number of nitrogens with one attached hydrogen (secondary N) is 1. The highest BCUT2D eigenvalue weighted by atomic mass is 32.1. The first-order valence-electron chi connectivity index (χ1n) is 11.4. The summed E-state index contributed by atoms with van der Waals surface area (Å²) in [5.74, 6) is 0.977. The Balaban J connectivity index is 1.23. The van der Waals surface area contributed by atoms with Crippen molar-refractivity contribution in [3.63, 3.8) is 0 Å². The number of rotatable bonds is 4. The molecule has 2 amide bonds. The minimum atomic E-state index is -0.111. The second-order valence-electron chi connectivity index (χ2n) is 8.75. The Labute approximate surface area is 196 Å². The second-order valence-corrected chi connectivity index (χ2v) is 9.58. The lowest BCUT2D eigenvalue weighted by Crippen LogP contribution is -2.55. The topological polar surface area (TPSA) is 116 Å². The lowest BCUT2D eigenvalue weighted by molar-refractivity contribution is 0.200. The molecule has 3 aromatic heterocycles. The summed E-state index contributed by atoms with van der Waals surface area (Å²) in [6.07, 6.45) is 2.52. The molecule has 0 saturated carbocycles. The number of carbonyl (C=O) groups excluding carboxylic acids is 1. The fraction of sp³-hybridized carbons (Fsp3) is 0.500. The van der Waals surface area contributed by atoms with Crippen molar-refractivity contribution < 1.29 is 4.79 Å². The monoisotopic (exact) mass is 467 g/mol. The predicted octanol–water partition coefficient (Wildman–Crippen LogP) is 2.71. The fourth-order valence-electron chi connectivity index (χ4n) is 4.62. The zero-order valence-electron chi connectivity index (χ0n) is 19.0. The van der Waals surface area contributed by atoms with E-state index in [1.54, 1.807) is 5.51 Å². The molecule has 0 aliphatic carbocycles. The molecule has 2 saturated heterocycles. The second kappa shape index (κ2) is 9.06. The number of amides is 2. The normalized spacial score (nSPS) is 19.4. The molecule has 2 fully saturated rings. The average Bonchev–Trinajstić information content (AvgIpc) is 3.47. The number of nitrogens with two attached hydrogens (primary N) is 1. The molecule has 0 aromatic carbocycles. The summed E-state index contributed by atoms with van der Waals surface area (Å²) < 4.78 is 0. The number of pyridine rings is 1. The Kier molecular flexibility index (Phi) is 5.98. The van der Waals surface area contributed by atoms with Crippen LogP contribution in [0.2, 0.25) is 0 Å². The third-order valence-electron chi connectivity index (χ3n) is 6.35. The molecule has 33 heavy (non-hydrogen) atoms. The molecular formula is C22H29N9OS. The van der Waals surface area contributed by atoms with Crippen LogP contribution in [0.3, 0.4) is 0 Å². The van der Waals surface area contributed by atoms with E-state index in [4.69, 9.17) is 10.7 Å². The molecule has 0 spiro atoms. The molecule has 11 heteroatoms. The van der Waals surface area contributed by atoms with Gasteiger partial charge >= 0.3 is 6.03 Å². The standard InChI is InChI=1S/C22H29N9OS/c1-14-11-30(9-10-31(14)19-18-20(33-13-24-18)28-21(23)27-19)22(32)26-17-6-5-16(25-15(17)2)12-29-7-3-4-8-29/h5-6,13-14H,3-4,7-12H2,1-2H3,(H,26,32)(H2,23,27,28)/t14-/m0/s1. The van der Waals surface area contributed by atoms with Crippen molar-refractivity contribution >= 4 is 45.2 Å². The molecule has 1 atom stereocenters. The molecule has 5 heterocycles. The van der Waals surface area contributed by atoms with Crippen LogP contribution in [0.25, 0.3) is 10.3 Å². The largest absolute Gasteiger partial charge is 0.368 e. The van der Waals surface area contributed by atoms with Gasteiger partial charge in [-0.15, -0.1) is 11.3 Å². The van der Waals surface area contributed by atoms with Crippen LogP contribution in [-0.2, 0) is 6.54 Å². The maximum absolute atomic E-state index is 13.0. The van der Waals surface area contributed by atoms with Crippen LogP contribution in [0.15, 0.2) is 17.6 Å². The Bertz CT molecular complexity index is 1160. The molecule has 5 rings (SSSR count). The minimum absolute atomic E-state index is 0.0609. The highest BCUT2D eigenvalue weighted by molar-refractivity contribution is 7.16. The number of carbonyl (C=O) groups is 1. The van der Waals surface area contributed by atoms with Crippen LogP contribution in [-0.4, -0.2) is 74.5 Å². The number of likely N-dealkylation sites (tertiary alicyclic amines) is 1. The van der Waals surface area contributed by atoms with Crippen LogP contribution >= 0.6 is 11.3 Å². The average molecular weight is 468 g/mol. The van der Waals surface area contributed by atoms with Crippen molar-refractivity contribution in [2.24, 2.45) is 0 Å². The van der Waals surface area contributed by atoms with E-state index < -0.39 is 0 Å². The lowest BCUT2D eigenvalue weighted by Gasteiger charge is -2.40. The number of anilines is 3. The highest BCUT2D eigenvalue weighted by Crippen LogP contribution is 2.29. The number of piperazine rings is 1. The molecule has 3 N–H and O–H groups in total. The maximum atomic E-state index is 13.0. The number of aromatic nitrogens is 4. The van der Waals surface area contributed by atoms with Gasteiger partial charge in [0.1, 0.15) is 5.52 Å². The number of aryl methyl sites for hydroxylation is 1. The zero-order chi connectivity index (χ0) is 22.9. The van der Waals surface area contributed by atoms with Crippen molar-refractivity contribution in [3.8, 4) is 0 Å². The van der Waals surface area contributed by atoms with Crippen molar-refractivity contribution in [1.29, 1.82) is 0 Å². The van der Waals surface area contributed by atoms with Crippen molar-refractivity contribution in [1.82, 2.24) is 29.7 Å². The van der Waals surface area contributed by atoms with Crippen LogP contribution < -0.4 is 16.0 Å². The van der Waals surface area contributed by atoms with E-state index >= 15 is 0 Å². The Morgan fingerprint density at radius 2 is 2.00 bits per heavy atom. The van der Waals surface area contributed by atoms with Gasteiger partial charge in [0.2, 0.25) is 5.95 Å². The summed E-state index contributed by atoms with van der Waals surface area (Å²) in [7, 11) is 0. The molecule has 10 nitrogen and oxygen atoms in total. The zero-order valence-corrected chi connectivity index (χ0v) is 19.8. The number of hydrogen-bond acceptors (Lipinski definition) is 9. The van der Waals surface area contributed by atoms with Gasteiger partial charge in [-0.1, -0.05) is 0 Å². The Morgan fingerprint density at radius 3 is 2.76 bits per heavy atom. The number of fused-ring (bicyclic) bond motifs is 1. The number of nitrogen functional groups attached to an aromatic ring is 1. The third-order valence-corrected chi connectivity index (χ3v) is 7.07. The first kappa shape index (κ1) is 21.8. The molecule has 174 valence electrons. The number of thiazole rings is 1. The van der Waals surface area contributed by atoms with Crippen molar-refractivity contribution in [2.45, 2.75) is 39.3 Å². The summed E-state index contributed by atoms with van der Waals surface area (Å²) in [5.41, 5.74) is 11.1. The van der Waals surface area contributed by atoms with Gasteiger partial charge in [-0.2, -0.15) is 4.98 Å². The summed E-state index contributed by atoms with van der Waals surface area (Å²) in [4.78, 5) is 38.0. The van der Waals surface area contributed by atoms with Crippen LogP contribution in [0.1, 0.15) is 31.2 Å². The summed E-state index contributed by atoms with van der Waals surface area (Å²) >= 11 is 1.45. The lowest BCUT2D eigenvalue weighted by atomic mass is 10.2. The molecular weight excluding hydrogens is 438 g/mol. The summed E-state index contributed by atoms with van der Waals surface area (Å²) in [6, 6.07) is 3.93. The van der Waals surface area contributed by atoms with Gasteiger partial charge in [0, 0.05) is 32.2 Å². The van der Waals surface area contributed by atoms with E-state index in [0.717, 1.165) is 52.9 Å². The van der Waals surface area contributed by atoms with Crippen molar-refractivity contribution in [2.75, 3.05) is 48.7 Å². The first-order valence-corrected chi connectivity index (χ1v) is 12.2. The van der Waals surface area contributed by atoms with E-state index in [-0.39, 0.29) is 18.0 Å². The van der Waals surface area contributed by atoms with Gasteiger partial charge in [0.05, 0.1) is 22.6 Å². The number of hydrogen-bond donors (Lipinski definition) is 2. The maximum Gasteiger partial charge on any atom is 0.322 e. The molecule has 0 radical (unpaired) electrons. The SMILES string of the molecule is Cc1nc(CN2CCCC2)ccc1NC(=O)N1CCN(c2nc(N)nc3scnc23)[C@@H](C)C1. The minimum Gasteiger partial charge on any atom is -0.368 e. The van der Waals surface area contributed by atoms with Crippen LogP contribution in [0, 0.1) is 6.92 Å². The van der Waals surface area contributed by atoms with E-state index in [1.807, 2.05) is 24.0 Å². The van der Waals surface area contributed by atoms with Gasteiger partial charge in [-0.25, -0.2) is 14.8 Å². The molecule has 0 unspecified atom stereocenters. The van der Waals surface area contributed by atoms with Gasteiger partial charge in [0.15, 0.2) is 10.6 Å². The van der Waals surface area contributed by atoms with Crippen LogP contribution in [0.5, 0.6) is 0 Å². The van der Waals surface area contributed by atoms with Gasteiger partial charge in [-0.3, -0.25) is 9.88 Å². The summed E-state index contributed by atoms with van der Waals surface area (Å²) in [5, 5.41) is 3.05. The van der Waals surface area contributed by atoms with Crippen molar-refractivity contribution in [3.05, 3.63) is 29.0 Å². The molecule has 3 aromatic rings. The summed E-state index contributed by atoms with van der Waals surface area (Å²) in [6.45, 7) is 8.96. The first-order chi connectivity index (χ1) is 16.0. The van der Waals surface area contributed by atoms with E-state index in [1.165, 1.54) is 24.2 Å². The molecule has 2 aliphatic heterocycles. The number of urea groups is 1. The predicted molar refractivity (Wildman–Crippen MR) is 131 cm³/mol. The van der Waals surface area contributed by atoms with Gasteiger partial charge in [-0.05, 0) is 51.9 Å². The van der Waals surface area contributed by atoms with E-state index in [0.29, 0.717) is 19.6 Å². The fourth-order valence-corrected chi connectivity index (χ4v) is 5.28.